The Kier molecular flexibility index (Phi) is 6.84. The number of benzene rings is 1. The molecule has 0 aromatic heterocycles. The number of nitrogens with zero attached hydrogens (tertiary/aromatic N) is 1. The molecule has 0 saturated carbocycles. The first-order chi connectivity index (χ1) is 11.9. The van der Waals surface area contributed by atoms with Crippen LogP contribution in [0.15, 0.2) is 30.5 Å². The average Bonchev–Trinajstić information content (AvgIpc) is 3.02. The van der Waals surface area contributed by atoms with Crippen LogP contribution in [0.4, 0.5) is 0 Å². The molecule has 0 atom stereocenters. The van der Waals surface area contributed by atoms with Crippen molar-refractivity contribution < 1.29 is 14.3 Å². The Balaban J connectivity index is 1.73. The first kappa shape index (κ1) is 19.3. The molecular formula is C19H29N3O3. The maximum absolute atomic E-state index is 11.6. The molecule has 0 fully saturated rings. The second kappa shape index (κ2) is 8.87. The third-order valence-corrected chi connectivity index (χ3v) is 3.60. The van der Waals surface area contributed by atoms with Crippen LogP contribution in [0.2, 0.25) is 0 Å². The fraction of sp³-hybridized carbons (Fsp3) is 0.526. The highest BCUT2D eigenvalue weighted by Crippen LogP contribution is 2.16. The minimum absolute atomic E-state index is 0.221. The number of carbonyl (C=O) groups excluding carboxylic acids is 1. The molecule has 1 aromatic rings. The SMILES string of the molecule is CCN1C=C(c2cccc(CCOCCC(=O)OC(C)(C)C)c2)NN1. The van der Waals surface area contributed by atoms with Gasteiger partial charge >= 0.3 is 5.97 Å². The van der Waals surface area contributed by atoms with Crippen LogP contribution in [0.1, 0.15) is 45.2 Å². The van der Waals surface area contributed by atoms with Crippen LogP contribution < -0.4 is 11.0 Å². The number of carbonyl (C=O) groups is 1. The lowest BCUT2D eigenvalue weighted by Crippen LogP contribution is -2.35. The zero-order valence-electron chi connectivity index (χ0n) is 15.6. The number of hydrazine groups is 2. The van der Waals surface area contributed by atoms with Gasteiger partial charge in [0.05, 0.1) is 25.3 Å². The van der Waals surface area contributed by atoms with E-state index in [4.69, 9.17) is 9.47 Å². The van der Waals surface area contributed by atoms with Crippen molar-refractivity contribution >= 4 is 11.7 Å². The van der Waals surface area contributed by atoms with E-state index in [9.17, 15) is 4.79 Å². The quantitative estimate of drug-likeness (QED) is 0.557. The van der Waals surface area contributed by atoms with Crippen LogP contribution in [-0.4, -0.2) is 36.3 Å². The largest absolute Gasteiger partial charge is 0.460 e. The van der Waals surface area contributed by atoms with E-state index in [1.54, 1.807) is 0 Å². The summed E-state index contributed by atoms with van der Waals surface area (Å²) in [7, 11) is 0. The minimum Gasteiger partial charge on any atom is -0.460 e. The van der Waals surface area contributed by atoms with Crippen molar-refractivity contribution in [2.24, 2.45) is 0 Å². The summed E-state index contributed by atoms with van der Waals surface area (Å²) < 4.78 is 10.8. The van der Waals surface area contributed by atoms with Gasteiger partial charge in [0.2, 0.25) is 0 Å². The molecule has 0 amide bonds. The second-order valence-corrected chi connectivity index (χ2v) is 6.96. The normalized spacial score (nSPS) is 14.2. The summed E-state index contributed by atoms with van der Waals surface area (Å²) in [6.07, 6.45) is 3.14. The number of nitrogens with one attached hydrogen (secondary N) is 2. The molecule has 2 rings (SSSR count). The van der Waals surface area contributed by atoms with Gasteiger partial charge in [-0.25, -0.2) is 0 Å². The summed E-state index contributed by atoms with van der Waals surface area (Å²) in [6, 6.07) is 8.35. The van der Waals surface area contributed by atoms with Crippen molar-refractivity contribution in [3.05, 3.63) is 41.6 Å². The summed E-state index contributed by atoms with van der Waals surface area (Å²) in [5, 5.41) is 1.99. The van der Waals surface area contributed by atoms with Crippen molar-refractivity contribution in [2.45, 2.75) is 46.1 Å². The van der Waals surface area contributed by atoms with E-state index >= 15 is 0 Å². The zero-order valence-corrected chi connectivity index (χ0v) is 15.6. The molecule has 0 aliphatic carbocycles. The molecule has 0 saturated heterocycles. The van der Waals surface area contributed by atoms with Crippen molar-refractivity contribution in [3.63, 3.8) is 0 Å². The third kappa shape index (κ3) is 6.76. The summed E-state index contributed by atoms with van der Waals surface area (Å²) in [4.78, 5) is 11.6. The molecule has 2 N–H and O–H groups in total. The van der Waals surface area contributed by atoms with Crippen molar-refractivity contribution in [1.29, 1.82) is 0 Å². The van der Waals surface area contributed by atoms with E-state index in [1.807, 2.05) is 31.8 Å². The van der Waals surface area contributed by atoms with Crippen molar-refractivity contribution in [1.82, 2.24) is 16.0 Å². The monoisotopic (exact) mass is 347 g/mol. The molecule has 0 unspecified atom stereocenters. The molecule has 1 aliphatic heterocycles. The van der Waals surface area contributed by atoms with Crippen LogP contribution >= 0.6 is 0 Å². The van der Waals surface area contributed by atoms with Crippen molar-refractivity contribution in [3.8, 4) is 0 Å². The molecule has 0 bridgehead atoms. The highest BCUT2D eigenvalue weighted by Gasteiger charge is 2.15. The lowest BCUT2D eigenvalue weighted by Gasteiger charge is -2.19. The van der Waals surface area contributed by atoms with Crippen LogP contribution in [0, 0.1) is 0 Å². The standard InChI is InChI=1S/C19H29N3O3/c1-5-22-14-17(20-21-22)16-8-6-7-15(13-16)9-11-24-12-10-18(23)25-19(2,3)4/h6-8,13-14,20-21H,5,9-12H2,1-4H3. The smallest absolute Gasteiger partial charge is 0.308 e. The fourth-order valence-corrected chi connectivity index (χ4v) is 2.40. The third-order valence-electron chi connectivity index (χ3n) is 3.60. The number of esters is 1. The topological polar surface area (TPSA) is 62.8 Å². The van der Waals surface area contributed by atoms with E-state index in [2.05, 4.69) is 42.3 Å². The van der Waals surface area contributed by atoms with E-state index in [0.29, 0.717) is 13.2 Å². The molecule has 0 radical (unpaired) electrons. The van der Waals surface area contributed by atoms with Crippen molar-refractivity contribution in [2.75, 3.05) is 19.8 Å². The Morgan fingerprint density at radius 2 is 2.04 bits per heavy atom. The molecule has 0 spiro atoms. The van der Waals surface area contributed by atoms with Gasteiger partial charge < -0.3 is 14.9 Å². The summed E-state index contributed by atoms with van der Waals surface area (Å²) in [5.41, 5.74) is 9.19. The highest BCUT2D eigenvalue weighted by molar-refractivity contribution is 5.69. The van der Waals surface area contributed by atoms with E-state index in [0.717, 1.165) is 24.2 Å². The molecule has 1 aromatic carbocycles. The number of hydrogen-bond donors (Lipinski definition) is 2. The van der Waals surface area contributed by atoms with Crippen LogP contribution in [-0.2, 0) is 20.7 Å². The first-order valence-corrected chi connectivity index (χ1v) is 8.76. The average molecular weight is 347 g/mol. The van der Waals surface area contributed by atoms with E-state index < -0.39 is 5.60 Å². The van der Waals surface area contributed by atoms with Gasteiger partial charge in [-0.05, 0) is 45.7 Å². The number of rotatable bonds is 8. The zero-order chi connectivity index (χ0) is 18.3. The van der Waals surface area contributed by atoms with Gasteiger partial charge in [-0.1, -0.05) is 18.2 Å². The summed E-state index contributed by atoms with van der Waals surface area (Å²) in [6.45, 7) is 9.53. The van der Waals surface area contributed by atoms with Gasteiger partial charge in [0.1, 0.15) is 5.60 Å². The lowest BCUT2D eigenvalue weighted by molar-refractivity contribution is -0.156. The Labute approximate surface area is 150 Å². The predicted molar refractivity (Wildman–Crippen MR) is 98.1 cm³/mol. The maximum atomic E-state index is 11.6. The minimum atomic E-state index is -0.442. The second-order valence-electron chi connectivity index (χ2n) is 6.96. The lowest BCUT2D eigenvalue weighted by atomic mass is 10.1. The Bertz CT molecular complexity index is 608. The van der Waals surface area contributed by atoms with Gasteiger partial charge in [0.15, 0.2) is 0 Å². The van der Waals surface area contributed by atoms with Gasteiger partial charge in [-0.15, -0.1) is 5.53 Å². The molecule has 6 heteroatoms. The number of hydrogen-bond acceptors (Lipinski definition) is 6. The van der Waals surface area contributed by atoms with Crippen LogP contribution in [0.3, 0.4) is 0 Å². The molecule has 138 valence electrons. The molecule has 1 aliphatic rings. The predicted octanol–water partition coefficient (Wildman–Crippen LogP) is 2.62. The van der Waals surface area contributed by atoms with Crippen LogP contribution in [0.25, 0.3) is 5.70 Å². The Morgan fingerprint density at radius 3 is 2.72 bits per heavy atom. The Morgan fingerprint density at radius 1 is 1.24 bits per heavy atom. The van der Waals surface area contributed by atoms with Gasteiger partial charge in [0.25, 0.3) is 0 Å². The van der Waals surface area contributed by atoms with Crippen LogP contribution in [0.5, 0.6) is 0 Å². The van der Waals surface area contributed by atoms with Gasteiger partial charge in [0, 0.05) is 18.3 Å². The summed E-state index contributed by atoms with van der Waals surface area (Å²) in [5.74, 6) is -0.221. The summed E-state index contributed by atoms with van der Waals surface area (Å²) >= 11 is 0. The van der Waals surface area contributed by atoms with Gasteiger partial charge in [-0.3, -0.25) is 9.80 Å². The molecule has 1 heterocycles. The number of ether oxygens (including phenoxy) is 2. The molecular weight excluding hydrogens is 318 g/mol. The first-order valence-electron chi connectivity index (χ1n) is 8.76. The van der Waals surface area contributed by atoms with E-state index in [-0.39, 0.29) is 12.4 Å². The molecule has 6 nitrogen and oxygen atoms in total. The van der Waals surface area contributed by atoms with Gasteiger partial charge in [-0.2, -0.15) is 0 Å². The molecule has 25 heavy (non-hydrogen) atoms. The van der Waals surface area contributed by atoms with E-state index in [1.165, 1.54) is 5.56 Å². The highest BCUT2D eigenvalue weighted by atomic mass is 16.6. The maximum Gasteiger partial charge on any atom is 0.308 e. The Hall–Kier alpha value is -2.05. The fourth-order valence-electron chi connectivity index (χ4n) is 2.40.